The van der Waals surface area contributed by atoms with E-state index in [2.05, 4.69) is 26.7 Å². The Kier molecular flexibility index (Phi) is 4.48. The third-order valence-electron chi connectivity index (χ3n) is 3.97. The monoisotopic (exact) mass is 373 g/mol. The Morgan fingerprint density at radius 3 is 2.79 bits per heavy atom. The van der Waals surface area contributed by atoms with Crippen molar-refractivity contribution in [1.29, 1.82) is 5.26 Å². The van der Waals surface area contributed by atoms with Gasteiger partial charge in [-0.3, -0.25) is 4.79 Å². The highest BCUT2D eigenvalue weighted by molar-refractivity contribution is 6.03. The zero-order valence-corrected chi connectivity index (χ0v) is 14.9. The highest BCUT2D eigenvalue weighted by atomic mass is 16.7. The Labute approximate surface area is 160 Å². The minimum atomic E-state index is -0.377. The lowest BCUT2D eigenvalue weighted by Crippen LogP contribution is -2.15. The van der Waals surface area contributed by atoms with Crippen LogP contribution in [0.2, 0.25) is 0 Å². The van der Waals surface area contributed by atoms with Crippen LogP contribution in [0.15, 0.2) is 48.5 Å². The minimum Gasteiger partial charge on any atom is -0.454 e. The summed E-state index contributed by atoms with van der Waals surface area (Å²) >= 11 is 0. The normalized spacial score (nSPS) is 11.6. The first-order chi connectivity index (χ1) is 13.6. The van der Waals surface area contributed by atoms with Crippen LogP contribution in [0.25, 0.3) is 0 Å². The summed E-state index contributed by atoms with van der Waals surface area (Å²) in [6.07, 6.45) is 0. The van der Waals surface area contributed by atoms with E-state index in [9.17, 15) is 4.79 Å². The molecule has 3 aromatic rings. The number of anilines is 3. The van der Waals surface area contributed by atoms with Gasteiger partial charge in [0.1, 0.15) is 5.69 Å². The second-order valence-electron chi connectivity index (χ2n) is 6.06. The van der Waals surface area contributed by atoms with Gasteiger partial charge in [-0.25, -0.2) is 9.97 Å². The summed E-state index contributed by atoms with van der Waals surface area (Å²) in [5, 5.41) is 14.8. The van der Waals surface area contributed by atoms with Crippen molar-refractivity contribution in [3.63, 3.8) is 0 Å². The number of aryl methyl sites for hydroxylation is 1. The molecule has 1 aliphatic rings. The Morgan fingerprint density at radius 2 is 1.93 bits per heavy atom. The number of benzene rings is 2. The van der Waals surface area contributed by atoms with E-state index in [1.807, 2.05) is 0 Å². The predicted octanol–water partition coefficient (Wildman–Crippen LogP) is 3.38. The predicted molar refractivity (Wildman–Crippen MR) is 102 cm³/mol. The van der Waals surface area contributed by atoms with Gasteiger partial charge < -0.3 is 20.1 Å². The van der Waals surface area contributed by atoms with Gasteiger partial charge in [-0.15, -0.1) is 0 Å². The molecule has 8 nitrogen and oxygen atoms in total. The molecule has 2 N–H and O–H groups in total. The molecular weight excluding hydrogens is 358 g/mol. The van der Waals surface area contributed by atoms with Crippen LogP contribution in [0, 0.1) is 18.3 Å². The average Bonchev–Trinajstić information content (AvgIpc) is 3.15. The van der Waals surface area contributed by atoms with Crippen molar-refractivity contribution < 1.29 is 14.3 Å². The molecule has 0 aliphatic carbocycles. The lowest BCUT2D eigenvalue weighted by atomic mass is 10.2. The third kappa shape index (κ3) is 3.68. The van der Waals surface area contributed by atoms with Crippen LogP contribution in [0.4, 0.5) is 17.3 Å². The highest BCUT2D eigenvalue weighted by Gasteiger charge is 2.16. The van der Waals surface area contributed by atoms with E-state index in [0.717, 1.165) is 0 Å². The number of nitrogens with zero attached hydrogens (tertiary/aromatic N) is 3. The van der Waals surface area contributed by atoms with Gasteiger partial charge in [0.05, 0.1) is 11.6 Å². The number of carbonyl (C=O) groups is 1. The maximum Gasteiger partial charge on any atom is 0.274 e. The smallest absolute Gasteiger partial charge is 0.274 e. The fourth-order valence-corrected chi connectivity index (χ4v) is 2.71. The standard InChI is InChI=1S/C20H15N5O3/c1-12-7-16(19(26)23-15-5-6-17-18(9-15)28-11-27-17)25-20(22-12)24-14-4-2-3-13(8-14)10-21/h2-9H,11H2,1H3,(H,23,26)(H,22,24,25). The van der Waals surface area contributed by atoms with Crippen LogP contribution in [-0.4, -0.2) is 22.7 Å². The molecule has 28 heavy (non-hydrogen) atoms. The van der Waals surface area contributed by atoms with Crippen LogP contribution in [0.5, 0.6) is 11.5 Å². The van der Waals surface area contributed by atoms with Crippen molar-refractivity contribution in [3.8, 4) is 17.6 Å². The van der Waals surface area contributed by atoms with Gasteiger partial charge in [-0.05, 0) is 43.3 Å². The van der Waals surface area contributed by atoms with E-state index in [4.69, 9.17) is 14.7 Å². The lowest BCUT2D eigenvalue weighted by molar-refractivity contribution is 0.102. The van der Waals surface area contributed by atoms with Crippen molar-refractivity contribution >= 4 is 23.2 Å². The first-order valence-corrected chi connectivity index (χ1v) is 8.44. The summed E-state index contributed by atoms with van der Waals surface area (Å²) in [6.45, 7) is 1.94. The Morgan fingerprint density at radius 1 is 1.07 bits per heavy atom. The molecular formula is C20H15N5O3. The molecule has 0 spiro atoms. The first-order valence-electron chi connectivity index (χ1n) is 8.44. The molecule has 0 radical (unpaired) electrons. The van der Waals surface area contributed by atoms with Gasteiger partial charge in [0.2, 0.25) is 12.7 Å². The molecule has 1 amide bonds. The van der Waals surface area contributed by atoms with Crippen molar-refractivity contribution in [2.24, 2.45) is 0 Å². The van der Waals surface area contributed by atoms with Crippen LogP contribution >= 0.6 is 0 Å². The zero-order valence-electron chi connectivity index (χ0n) is 14.9. The number of carbonyl (C=O) groups excluding carboxylic acids is 1. The largest absolute Gasteiger partial charge is 0.454 e. The number of rotatable bonds is 4. The lowest BCUT2D eigenvalue weighted by Gasteiger charge is -2.09. The molecule has 1 aliphatic heterocycles. The number of hydrogen-bond acceptors (Lipinski definition) is 7. The summed E-state index contributed by atoms with van der Waals surface area (Å²) in [4.78, 5) is 21.2. The Hall–Kier alpha value is -4.12. The van der Waals surface area contributed by atoms with Crippen LogP contribution in [-0.2, 0) is 0 Å². The summed E-state index contributed by atoms with van der Waals surface area (Å²) in [7, 11) is 0. The van der Waals surface area contributed by atoms with Crippen molar-refractivity contribution in [2.45, 2.75) is 6.92 Å². The van der Waals surface area contributed by atoms with Gasteiger partial charge in [-0.1, -0.05) is 6.07 Å². The number of fused-ring (bicyclic) bond motifs is 1. The molecule has 0 fully saturated rings. The molecule has 0 atom stereocenters. The highest BCUT2D eigenvalue weighted by Crippen LogP contribution is 2.34. The van der Waals surface area contributed by atoms with E-state index in [1.54, 1.807) is 55.5 Å². The molecule has 8 heteroatoms. The van der Waals surface area contributed by atoms with Gasteiger partial charge in [0.25, 0.3) is 5.91 Å². The average molecular weight is 373 g/mol. The number of amides is 1. The van der Waals surface area contributed by atoms with E-state index in [1.165, 1.54) is 0 Å². The molecule has 2 heterocycles. The van der Waals surface area contributed by atoms with Gasteiger partial charge in [-0.2, -0.15) is 5.26 Å². The first kappa shape index (κ1) is 17.3. The van der Waals surface area contributed by atoms with Crippen molar-refractivity contribution in [2.75, 3.05) is 17.4 Å². The SMILES string of the molecule is Cc1cc(C(=O)Nc2ccc3c(c2)OCO3)nc(Nc2cccc(C#N)c2)n1. The van der Waals surface area contributed by atoms with Crippen molar-refractivity contribution in [3.05, 3.63) is 65.5 Å². The van der Waals surface area contributed by atoms with Crippen LogP contribution < -0.4 is 20.1 Å². The molecule has 0 saturated carbocycles. The summed E-state index contributed by atoms with van der Waals surface area (Å²) in [5.74, 6) is 1.11. The van der Waals surface area contributed by atoms with E-state index < -0.39 is 0 Å². The maximum absolute atomic E-state index is 12.6. The van der Waals surface area contributed by atoms with E-state index in [-0.39, 0.29) is 24.3 Å². The Bertz CT molecular complexity index is 1110. The quantitative estimate of drug-likeness (QED) is 0.721. The maximum atomic E-state index is 12.6. The Balaban J connectivity index is 1.54. The fraction of sp³-hybridized carbons (Fsp3) is 0.100. The van der Waals surface area contributed by atoms with Gasteiger partial charge in [0.15, 0.2) is 11.5 Å². The van der Waals surface area contributed by atoms with E-state index in [0.29, 0.717) is 34.1 Å². The number of nitriles is 1. The number of aromatic nitrogens is 2. The number of ether oxygens (including phenoxy) is 2. The third-order valence-corrected chi connectivity index (χ3v) is 3.97. The zero-order chi connectivity index (χ0) is 19.5. The molecule has 1 aromatic heterocycles. The second kappa shape index (κ2) is 7.25. The summed E-state index contributed by atoms with van der Waals surface area (Å²) in [5.41, 5.74) is 2.58. The topological polar surface area (TPSA) is 109 Å². The molecule has 0 bridgehead atoms. The summed E-state index contributed by atoms with van der Waals surface area (Å²) in [6, 6.07) is 15.8. The van der Waals surface area contributed by atoms with Gasteiger partial charge >= 0.3 is 0 Å². The van der Waals surface area contributed by atoms with E-state index >= 15 is 0 Å². The molecule has 138 valence electrons. The number of hydrogen-bond donors (Lipinski definition) is 2. The number of nitrogens with one attached hydrogen (secondary N) is 2. The van der Waals surface area contributed by atoms with Crippen LogP contribution in [0.1, 0.15) is 21.7 Å². The van der Waals surface area contributed by atoms with Crippen LogP contribution in [0.3, 0.4) is 0 Å². The molecule has 4 rings (SSSR count). The minimum absolute atomic E-state index is 0.167. The summed E-state index contributed by atoms with van der Waals surface area (Å²) < 4.78 is 10.6. The molecule has 0 saturated heterocycles. The molecule has 0 unspecified atom stereocenters. The molecule has 2 aromatic carbocycles. The van der Waals surface area contributed by atoms with Gasteiger partial charge in [0, 0.05) is 23.1 Å². The fourth-order valence-electron chi connectivity index (χ4n) is 2.71. The second-order valence-corrected chi connectivity index (χ2v) is 6.06. The van der Waals surface area contributed by atoms with Crippen molar-refractivity contribution in [1.82, 2.24) is 9.97 Å².